The molecular weight excluding hydrogens is 234 g/mol. The van der Waals surface area contributed by atoms with Crippen molar-refractivity contribution in [3.63, 3.8) is 0 Å². The highest BCUT2D eigenvalue weighted by atomic mass is 15.3. The van der Waals surface area contributed by atoms with E-state index in [1.54, 1.807) is 0 Å². The maximum Gasteiger partial charge on any atom is 0.0771 e. The molecule has 0 amide bonds. The molecule has 2 aromatic heterocycles. The van der Waals surface area contributed by atoms with Crippen molar-refractivity contribution >= 4 is 0 Å². The topological polar surface area (TPSA) is 30.7 Å². The van der Waals surface area contributed by atoms with Crippen molar-refractivity contribution < 1.29 is 0 Å². The zero-order valence-electron chi connectivity index (χ0n) is 11.0. The van der Waals surface area contributed by atoms with E-state index in [9.17, 15) is 0 Å². The molecule has 0 saturated heterocycles. The average Bonchev–Trinajstić information content (AvgIpc) is 2.82. The summed E-state index contributed by atoms with van der Waals surface area (Å²) in [6, 6.07) is 12.4. The molecule has 0 unspecified atom stereocenters. The van der Waals surface area contributed by atoms with Gasteiger partial charge in [-0.05, 0) is 49.2 Å². The summed E-state index contributed by atoms with van der Waals surface area (Å²) in [7, 11) is 0. The van der Waals surface area contributed by atoms with Gasteiger partial charge in [-0.2, -0.15) is 5.10 Å². The Labute approximate surface area is 112 Å². The maximum absolute atomic E-state index is 4.50. The molecule has 0 aliphatic heterocycles. The Balaban J connectivity index is 2.19. The van der Waals surface area contributed by atoms with Gasteiger partial charge in [0.05, 0.1) is 17.6 Å². The first-order chi connectivity index (χ1) is 9.25. The van der Waals surface area contributed by atoms with Crippen molar-refractivity contribution in [2.75, 3.05) is 0 Å². The lowest BCUT2D eigenvalue weighted by atomic mass is 10.1. The van der Waals surface area contributed by atoms with E-state index in [0.29, 0.717) is 0 Å². The lowest BCUT2D eigenvalue weighted by molar-refractivity contribution is 0.886. The smallest absolute Gasteiger partial charge is 0.0771 e. The molecule has 0 radical (unpaired) electrons. The molecule has 3 heteroatoms. The van der Waals surface area contributed by atoms with Crippen LogP contribution in [0.3, 0.4) is 0 Å². The Morgan fingerprint density at radius 1 is 1.00 bits per heavy atom. The molecule has 3 aromatic rings. The third-order valence-electron chi connectivity index (χ3n) is 3.15. The van der Waals surface area contributed by atoms with Gasteiger partial charge in [0.2, 0.25) is 0 Å². The predicted octanol–water partition coefficient (Wildman–Crippen LogP) is 3.55. The molecule has 0 bridgehead atoms. The molecule has 3 nitrogen and oxygen atoms in total. The summed E-state index contributed by atoms with van der Waals surface area (Å²) >= 11 is 0. The van der Waals surface area contributed by atoms with E-state index in [2.05, 4.69) is 48.2 Å². The van der Waals surface area contributed by atoms with Gasteiger partial charge in [-0.15, -0.1) is 0 Å². The lowest BCUT2D eigenvalue weighted by Crippen LogP contribution is -1.99. The fourth-order valence-electron chi connectivity index (χ4n) is 2.25. The summed E-state index contributed by atoms with van der Waals surface area (Å²) in [4.78, 5) is 4.07. The second-order valence-corrected chi connectivity index (χ2v) is 4.66. The van der Waals surface area contributed by atoms with Gasteiger partial charge in [0.25, 0.3) is 0 Å². The van der Waals surface area contributed by atoms with Crippen LogP contribution in [0.5, 0.6) is 0 Å². The van der Waals surface area contributed by atoms with Crippen molar-refractivity contribution in [3.05, 3.63) is 66.1 Å². The van der Waals surface area contributed by atoms with Gasteiger partial charge >= 0.3 is 0 Å². The highest BCUT2D eigenvalue weighted by Crippen LogP contribution is 2.25. The van der Waals surface area contributed by atoms with Crippen molar-refractivity contribution in [2.45, 2.75) is 13.8 Å². The summed E-state index contributed by atoms with van der Waals surface area (Å²) in [6.07, 6.45) is 5.52. The third kappa shape index (κ3) is 2.15. The van der Waals surface area contributed by atoms with Gasteiger partial charge in [-0.1, -0.05) is 12.1 Å². The number of aryl methyl sites for hydroxylation is 2. The van der Waals surface area contributed by atoms with E-state index in [4.69, 9.17) is 0 Å². The standard InChI is InChI=1S/C16H15N3/c1-12-4-3-5-15(10-12)19-16(13(2)11-18-19)14-6-8-17-9-7-14/h3-11H,1-2H3. The maximum atomic E-state index is 4.50. The fourth-order valence-corrected chi connectivity index (χ4v) is 2.25. The molecule has 2 heterocycles. The number of pyridine rings is 1. The number of aromatic nitrogens is 3. The first-order valence-electron chi connectivity index (χ1n) is 6.28. The zero-order chi connectivity index (χ0) is 13.2. The van der Waals surface area contributed by atoms with Crippen LogP contribution >= 0.6 is 0 Å². The highest BCUT2D eigenvalue weighted by Gasteiger charge is 2.11. The molecule has 19 heavy (non-hydrogen) atoms. The van der Waals surface area contributed by atoms with Crippen molar-refractivity contribution in [1.29, 1.82) is 0 Å². The van der Waals surface area contributed by atoms with Crippen LogP contribution < -0.4 is 0 Å². The second kappa shape index (κ2) is 4.69. The van der Waals surface area contributed by atoms with Crippen LogP contribution in [0.15, 0.2) is 55.0 Å². The first kappa shape index (κ1) is 11.7. The predicted molar refractivity (Wildman–Crippen MR) is 76.3 cm³/mol. The second-order valence-electron chi connectivity index (χ2n) is 4.66. The molecule has 0 atom stereocenters. The summed E-state index contributed by atoms with van der Waals surface area (Å²) in [6.45, 7) is 4.17. The van der Waals surface area contributed by atoms with E-state index in [0.717, 1.165) is 22.5 Å². The van der Waals surface area contributed by atoms with E-state index < -0.39 is 0 Å². The van der Waals surface area contributed by atoms with Gasteiger partial charge in [0, 0.05) is 18.0 Å². The number of hydrogen-bond acceptors (Lipinski definition) is 2. The van der Waals surface area contributed by atoms with E-state index in [-0.39, 0.29) is 0 Å². The van der Waals surface area contributed by atoms with Crippen molar-refractivity contribution in [2.24, 2.45) is 0 Å². The fraction of sp³-hybridized carbons (Fsp3) is 0.125. The van der Waals surface area contributed by atoms with Crippen LogP contribution in [-0.2, 0) is 0 Å². The molecule has 0 saturated carbocycles. The van der Waals surface area contributed by atoms with E-state index in [1.807, 2.05) is 35.4 Å². The number of hydrogen-bond donors (Lipinski definition) is 0. The minimum atomic E-state index is 1.08. The first-order valence-corrected chi connectivity index (χ1v) is 6.28. The lowest BCUT2D eigenvalue weighted by Gasteiger charge is -2.09. The molecule has 3 rings (SSSR count). The molecule has 94 valence electrons. The number of nitrogens with zero attached hydrogens (tertiary/aromatic N) is 3. The largest absolute Gasteiger partial charge is 0.265 e. The Hall–Kier alpha value is -2.42. The molecule has 0 spiro atoms. The van der Waals surface area contributed by atoms with Gasteiger partial charge in [0.1, 0.15) is 0 Å². The quantitative estimate of drug-likeness (QED) is 0.695. The highest BCUT2D eigenvalue weighted by molar-refractivity contribution is 5.65. The molecule has 0 aliphatic rings. The van der Waals surface area contributed by atoms with Gasteiger partial charge in [-0.3, -0.25) is 4.98 Å². The SMILES string of the molecule is Cc1cccc(-n2ncc(C)c2-c2ccncc2)c1. The molecule has 0 fully saturated rings. The Morgan fingerprint density at radius 3 is 2.53 bits per heavy atom. The van der Waals surface area contributed by atoms with Crippen LogP contribution in [0.2, 0.25) is 0 Å². The number of benzene rings is 1. The van der Waals surface area contributed by atoms with Gasteiger partial charge in [0.15, 0.2) is 0 Å². The summed E-state index contributed by atoms with van der Waals surface area (Å²) < 4.78 is 1.98. The van der Waals surface area contributed by atoms with E-state index >= 15 is 0 Å². The third-order valence-corrected chi connectivity index (χ3v) is 3.15. The van der Waals surface area contributed by atoms with Crippen LogP contribution in [0.4, 0.5) is 0 Å². The van der Waals surface area contributed by atoms with Crippen molar-refractivity contribution in [1.82, 2.24) is 14.8 Å². The summed E-state index contributed by atoms with van der Waals surface area (Å²) in [5.74, 6) is 0. The molecule has 0 N–H and O–H groups in total. The van der Waals surface area contributed by atoms with Crippen molar-refractivity contribution in [3.8, 4) is 16.9 Å². The van der Waals surface area contributed by atoms with Crippen LogP contribution in [0, 0.1) is 13.8 Å². The molecule has 0 aliphatic carbocycles. The Morgan fingerprint density at radius 2 is 1.79 bits per heavy atom. The normalized spacial score (nSPS) is 10.6. The summed E-state index contributed by atoms with van der Waals surface area (Å²) in [5, 5.41) is 4.50. The minimum absolute atomic E-state index is 1.08. The van der Waals surface area contributed by atoms with Gasteiger partial charge in [-0.25, -0.2) is 4.68 Å². The van der Waals surface area contributed by atoms with Crippen LogP contribution in [0.1, 0.15) is 11.1 Å². The monoisotopic (exact) mass is 249 g/mol. The minimum Gasteiger partial charge on any atom is -0.265 e. The van der Waals surface area contributed by atoms with E-state index in [1.165, 1.54) is 5.56 Å². The Bertz CT molecular complexity index is 699. The van der Waals surface area contributed by atoms with Crippen LogP contribution in [-0.4, -0.2) is 14.8 Å². The zero-order valence-corrected chi connectivity index (χ0v) is 11.0. The van der Waals surface area contributed by atoms with Gasteiger partial charge < -0.3 is 0 Å². The summed E-state index contributed by atoms with van der Waals surface area (Å²) in [5.41, 5.74) is 5.72. The van der Waals surface area contributed by atoms with Crippen LogP contribution in [0.25, 0.3) is 16.9 Å². The average molecular weight is 249 g/mol. The molecule has 1 aromatic carbocycles. The molecular formula is C16H15N3. The Kier molecular flexibility index (Phi) is 2.88. The number of rotatable bonds is 2.